The third-order valence-corrected chi connectivity index (χ3v) is 2.44. The van der Waals surface area contributed by atoms with Gasteiger partial charge in [-0.05, 0) is 6.92 Å². The van der Waals surface area contributed by atoms with Gasteiger partial charge in [-0.3, -0.25) is 4.57 Å². The molecule has 0 aromatic heterocycles. The van der Waals surface area contributed by atoms with Gasteiger partial charge < -0.3 is 9.26 Å². The Morgan fingerprint density at radius 2 is 2.10 bits per heavy atom. The molecule has 0 radical (unpaired) electrons. The Hall–Kier alpha value is -0.340. The van der Waals surface area contributed by atoms with Crippen molar-refractivity contribution in [2.24, 2.45) is 0 Å². The topological polar surface area (TPSA) is 52.6 Å². The number of rotatable bonds is 3. The maximum atomic E-state index is 11.0. The SMILES string of the molecule is CCOC(=O)P(C)(=O)OC. The van der Waals surface area contributed by atoms with Gasteiger partial charge in [0.2, 0.25) is 0 Å². The van der Waals surface area contributed by atoms with Gasteiger partial charge in [-0.25, -0.2) is 4.79 Å². The second-order valence-corrected chi connectivity index (χ2v) is 4.15. The lowest BCUT2D eigenvalue weighted by Gasteiger charge is -2.07. The number of hydrogen-bond acceptors (Lipinski definition) is 4. The van der Waals surface area contributed by atoms with Crippen molar-refractivity contribution in [2.45, 2.75) is 6.92 Å². The maximum absolute atomic E-state index is 11.0. The van der Waals surface area contributed by atoms with E-state index in [2.05, 4.69) is 9.26 Å². The molecule has 0 aliphatic rings. The fourth-order valence-electron chi connectivity index (χ4n) is 0.315. The van der Waals surface area contributed by atoms with Crippen molar-refractivity contribution in [3.05, 3.63) is 0 Å². The minimum atomic E-state index is -3.14. The molecule has 1 unspecified atom stereocenters. The molecule has 0 N–H and O–H groups in total. The Morgan fingerprint density at radius 1 is 1.60 bits per heavy atom. The van der Waals surface area contributed by atoms with Crippen LogP contribution in [0.15, 0.2) is 0 Å². The number of carbonyl (C=O) groups is 1. The van der Waals surface area contributed by atoms with Gasteiger partial charge >= 0.3 is 13.1 Å². The summed E-state index contributed by atoms with van der Waals surface area (Å²) in [6, 6.07) is 0. The van der Waals surface area contributed by atoms with Gasteiger partial charge in [-0.1, -0.05) is 0 Å². The van der Waals surface area contributed by atoms with E-state index < -0.39 is 13.1 Å². The van der Waals surface area contributed by atoms with E-state index in [0.29, 0.717) is 0 Å². The van der Waals surface area contributed by atoms with Crippen molar-refractivity contribution >= 4 is 13.1 Å². The molecule has 0 fully saturated rings. The summed E-state index contributed by atoms with van der Waals surface area (Å²) in [4.78, 5) is 10.7. The normalized spacial score (nSPS) is 15.9. The minimum Gasteiger partial charge on any atom is -0.459 e. The van der Waals surface area contributed by atoms with Crippen LogP contribution in [0.4, 0.5) is 4.79 Å². The molecule has 0 saturated heterocycles. The largest absolute Gasteiger partial charge is 0.459 e. The molecule has 10 heavy (non-hydrogen) atoms. The zero-order chi connectivity index (χ0) is 8.20. The second kappa shape index (κ2) is 3.74. The molecule has 60 valence electrons. The van der Waals surface area contributed by atoms with Gasteiger partial charge in [0.1, 0.15) is 0 Å². The Bertz CT molecular complexity index is 165. The lowest BCUT2D eigenvalue weighted by Crippen LogP contribution is -2.03. The molecular weight excluding hydrogens is 155 g/mol. The van der Waals surface area contributed by atoms with Gasteiger partial charge in [-0.15, -0.1) is 0 Å². The predicted octanol–water partition coefficient (Wildman–Crippen LogP) is 1.70. The summed E-state index contributed by atoms with van der Waals surface area (Å²) >= 11 is 0. The molecule has 0 heterocycles. The Kier molecular flexibility index (Phi) is 3.61. The van der Waals surface area contributed by atoms with E-state index >= 15 is 0 Å². The summed E-state index contributed by atoms with van der Waals surface area (Å²) < 4.78 is 19.9. The summed E-state index contributed by atoms with van der Waals surface area (Å²) in [5.74, 6) is 0. The first-order chi connectivity index (χ1) is 4.54. The lowest BCUT2D eigenvalue weighted by atomic mass is 10.9. The number of ether oxygens (including phenoxy) is 1. The average molecular weight is 166 g/mol. The third kappa shape index (κ3) is 2.50. The molecule has 5 heteroatoms. The Labute approximate surface area is 60.0 Å². The highest BCUT2D eigenvalue weighted by Gasteiger charge is 2.26. The van der Waals surface area contributed by atoms with E-state index in [1.54, 1.807) is 6.92 Å². The molecule has 0 amide bonds. The average Bonchev–Trinajstić information content (AvgIpc) is 1.89. The maximum Gasteiger partial charge on any atom is 0.391 e. The zero-order valence-electron chi connectivity index (χ0n) is 6.29. The lowest BCUT2D eigenvalue weighted by molar-refractivity contribution is 0.173. The van der Waals surface area contributed by atoms with Crippen molar-refractivity contribution in [2.75, 3.05) is 20.4 Å². The molecule has 0 aliphatic heterocycles. The van der Waals surface area contributed by atoms with Crippen LogP contribution in [0.3, 0.4) is 0 Å². The Morgan fingerprint density at radius 3 is 2.40 bits per heavy atom. The van der Waals surface area contributed by atoms with Crippen molar-refractivity contribution in [1.29, 1.82) is 0 Å². The summed E-state index contributed by atoms with van der Waals surface area (Å²) in [5, 5.41) is 0. The molecule has 0 aliphatic carbocycles. The summed E-state index contributed by atoms with van der Waals surface area (Å²) in [5.41, 5.74) is -0.766. The summed E-state index contributed by atoms with van der Waals surface area (Å²) in [6.45, 7) is 3.10. The third-order valence-electron chi connectivity index (χ3n) is 0.948. The first-order valence-electron chi connectivity index (χ1n) is 2.85. The van der Waals surface area contributed by atoms with Gasteiger partial charge in [0.05, 0.1) is 6.61 Å². The molecule has 0 aromatic carbocycles. The van der Waals surface area contributed by atoms with Crippen LogP contribution in [0.1, 0.15) is 6.92 Å². The van der Waals surface area contributed by atoms with E-state index in [0.717, 1.165) is 0 Å². The molecule has 0 saturated carbocycles. The van der Waals surface area contributed by atoms with Crippen LogP contribution in [-0.2, 0) is 13.8 Å². The molecule has 0 aromatic rings. The molecule has 0 rings (SSSR count). The highest BCUT2D eigenvalue weighted by molar-refractivity contribution is 7.74. The van der Waals surface area contributed by atoms with E-state index in [1.165, 1.54) is 13.8 Å². The van der Waals surface area contributed by atoms with Crippen LogP contribution >= 0.6 is 7.37 Å². The predicted molar refractivity (Wildman–Crippen MR) is 37.6 cm³/mol. The van der Waals surface area contributed by atoms with Crippen molar-refractivity contribution in [3.8, 4) is 0 Å². The number of hydrogen-bond donors (Lipinski definition) is 0. The van der Waals surface area contributed by atoms with Crippen LogP contribution in [-0.4, -0.2) is 26.1 Å². The molecule has 0 spiro atoms. The van der Waals surface area contributed by atoms with Gasteiger partial charge in [0.25, 0.3) is 0 Å². The van der Waals surface area contributed by atoms with E-state index in [-0.39, 0.29) is 6.61 Å². The van der Waals surface area contributed by atoms with E-state index in [1.807, 2.05) is 0 Å². The first-order valence-corrected chi connectivity index (χ1v) is 4.92. The van der Waals surface area contributed by atoms with Crippen LogP contribution in [0.2, 0.25) is 0 Å². The molecular formula is C5H11O4P. The monoisotopic (exact) mass is 166 g/mol. The van der Waals surface area contributed by atoms with Crippen molar-refractivity contribution in [1.82, 2.24) is 0 Å². The highest BCUT2D eigenvalue weighted by atomic mass is 31.2. The Balaban J connectivity index is 4.06. The van der Waals surface area contributed by atoms with Gasteiger partial charge in [-0.2, -0.15) is 0 Å². The zero-order valence-corrected chi connectivity index (χ0v) is 7.18. The standard InChI is InChI=1S/C5H11O4P/c1-4-9-5(6)10(3,7)8-2/h4H2,1-3H3. The molecule has 4 nitrogen and oxygen atoms in total. The molecule has 1 atom stereocenters. The number of carbonyl (C=O) groups excluding carboxylic acids is 1. The van der Waals surface area contributed by atoms with Crippen LogP contribution in [0, 0.1) is 0 Å². The highest BCUT2D eigenvalue weighted by Crippen LogP contribution is 2.43. The summed E-state index contributed by atoms with van der Waals surface area (Å²) in [7, 11) is -1.92. The van der Waals surface area contributed by atoms with Crippen LogP contribution in [0.25, 0.3) is 0 Å². The van der Waals surface area contributed by atoms with Crippen LogP contribution < -0.4 is 0 Å². The van der Waals surface area contributed by atoms with E-state index in [9.17, 15) is 9.36 Å². The van der Waals surface area contributed by atoms with Gasteiger partial charge in [0, 0.05) is 13.8 Å². The van der Waals surface area contributed by atoms with Crippen molar-refractivity contribution < 1.29 is 18.6 Å². The first kappa shape index (κ1) is 9.66. The van der Waals surface area contributed by atoms with Crippen molar-refractivity contribution in [3.63, 3.8) is 0 Å². The second-order valence-electron chi connectivity index (χ2n) is 1.73. The van der Waals surface area contributed by atoms with Gasteiger partial charge in [0.15, 0.2) is 0 Å². The smallest absolute Gasteiger partial charge is 0.391 e. The minimum absolute atomic E-state index is 0.222. The summed E-state index contributed by atoms with van der Waals surface area (Å²) in [6.07, 6.45) is 0. The quantitative estimate of drug-likeness (QED) is 0.598. The van der Waals surface area contributed by atoms with Crippen LogP contribution in [0.5, 0.6) is 0 Å². The fraction of sp³-hybridized carbons (Fsp3) is 0.800. The fourth-order valence-corrected chi connectivity index (χ4v) is 0.828. The van der Waals surface area contributed by atoms with E-state index in [4.69, 9.17) is 0 Å². The molecule has 0 bridgehead atoms.